The van der Waals surface area contributed by atoms with Crippen LogP contribution in [0.1, 0.15) is 29.3 Å². The molecule has 7 heteroatoms. The molecule has 0 radical (unpaired) electrons. The minimum atomic E-state index is -4.61. The molecule has 0 fully saturated rings. The van der Waals surface area contributed by atoms with Gasteiger partial charge in [0.2, 0.25) is 0 Å². The van der Waals surface area contributed by atoms with Crippen LogP contribution in [0.4, 0.5) is 17.6 Å². The van der Waals surface area contributed by atoms with Crippen molar-refractivity contribution < 1.29 is 22.4 Å². The number of carbonyl (C=O) groups is 1. The van der Waals surface area contributed by atoms with E-state index in [0.717, 1.165) is 0 Å². The van der Waals surface area contributed by atoms with Crippen molar-refractivity contribution in [3.05, 3.63) is 35.1 Å². The van der Waals surface area contributed by atoms with Crippen LogP contribution < -0.4 is 5.32 Å². The van der Waals surface area contributed by atoms with Crippen LogP contribution in [-0.2, 0) is 6.18 Å². The molecule has 0 aliphatic heterocycles. The van der Waals surface area contributed by atoms with Gasteiger partial charge in [0, 0.05) is 11.8 Å². The molecule has 1 aromatic carbocycles. The van der Waals surface area contributed by atoms with Crippen LogP contribution in [0.15, 0.2) is 18.2 Å². The number of halogens is 4. The Morgan fingerprint density at radius 2 is 2.05 bits per heavy atom. The second kappa shape index (κ2) is 6.97. The quantitative estimate of drug-likeness (QED) is 0.840. The van der Waals surface area contributed by atoms with Gasteiger partial charge < -0.3 is 5.32 Å². The summed E-state index contributed by atoms with van der Waals surface area (Å²) >= 11 is 1.49. The Bertz CT molecular complexity index is 476. The summed E-state index contributed by atoms with van der Waals surface area (Å²) in [5.74, 6) is -1.17. The minimum absolute atomic E-state index is 0.202. The molecule has 1 rings (SSSR count). The van der Waals surface area contributed by atoms with Crippen LogP contribution >= 0.6 is 11.8 Å². The lowest BCUT2D eigenvalue weighted by Crippen LogP contribution is -2.36. The van der Waals surface area contributed by atoms with Crippen molar-refractivity contribution in [2.24, 2.45) is 0 Å². The van der Waals surface area contributed by atoms with E-state index >= 15 is 0 Å². The Hall–Kier alpha value is -1.24. The molecule has 0 aromatic heterocycles. The fraction of sp³-hybridized carbons (Fsp3) is 0.462. The second-order valence-corrected chi connectivity index (χ2v) is 5.14. The van der Waals surface area contributed by atoms with E-state index in [1.54, 1.807) is 0 Å². The van der Waals surface area contributed by atoms with E-state index in [1.807, 2.05) is 13.2 Å². The Balaban J connectivity index is 2.97. The van der Waals surface area contributed by atoms with Crippen molar-refractivity contribution in [2.75, 3.05) is 12.0 Å². The minimum Gasteiger partial charge on any atom is -0.348 e. The maximum atomic E-state index is 13.5. The van der Waals surface area contributed by atoms with Crippen LogP contribution in [0.3, 0.4) is 0 Å². The van der Waals surface area contributed by atoms with E-state index in [9.17, 15) is 22.4 Å². The van der Waals surface area contributed by atoms with E-state index in [-0.39, 0.29) is 6.04 Å². The van der Waals surface area contributed by atoms with Crippen molar-refractivity contribution >= 4 is 17.7 Å². The number of rotatable bonds is 5. The first-order chi connectivity index (χ1) is 9.29. The Morgan fingerprint density at radius 1 is 1.40 bits per heavy atom. The molecule has 0 bridgehead atoms. The summed E-state index contributed by atoms with van der Waals surface area (Å²) < 4.78 is 51.2. The summed E-state index contributed by atoms with van der Waals surface area (Å²) in [7, 11) is 0. The number of nitrogens with one attached hydrogen (secondary N) is 1. The topological polar surface area (TPSA) is 29.1 Å². The third-order valence-corrected chi connectivity index (χ3v) is 3.47. The van der Waals surface area contributed by atoms with Gasteiger partial charge in [-0.25, -0.2) is 4.39 Å². The third kappa shape index (κ3) is 4.40. The summed E-state index contributed by atoms with van der Waals surface area (Å²) in [5, 5.41) is 2.54. The molecule has 0 aliphatic rings. The highest BCUT2D eigenvalue weighted by Crippen LogP contribution is 2.30. The second-order valence-electron chi connectivity index (χ2n) is 4.23. The van der Waals surface area contributed by atoms with Crippen LogP contribution in [0.5, 0.6) is 0 Å². The zero-order valence-electron chi connectivity index (χ0n) is 11.1. The fourth-order valence-electron chi connectivity index (χ4n) is 1.60. The molecule has 1 aromatic rings. The van der Waals surface area contributed by atoms with E-state index in [4.69, 9.17) is 0 Å². The summed E-state index contributed by atoms with van der Waals surface area (Å²) in [5.41, 5.74) is -1.62. The first-order valence-electron chi connectivity index (χ1n) is 5.96. The lowest BCUT2D eigenvalue weighted by molar-refractivity contribution is -0.137. The number of thioether (sulfide) groups is 1. The van der Waals surface area contributed by atoms with E-state index in [2.05, 4.69) is 5.32 Å². The van der Waals surface area contributed by atoms with Gasteiger partial charge in [-0.2, -0.15) is 24.9 Å². The molecule has 20 heavy (non-hydrogen) atoms. The van der Waals surface area contributed by atoms with E-state index < -0.39 is 29.0 Å². The number of carbonyl (C=O) groups excluding carboxylic acids is 1. The molecule has 0 saturated heterocycles. The third-order valence-electron chi connectivity index (χ3n) is 2.73. The number of hydrogen-bond acceptors (Lipinski definition) is 2. The first kappa shape index (κ1) is 16.8. The molecule has 2 nitrogen and oxygen atoms in total. The first-order valence-corrected chi connectivity index (χ1v) is 7.35. The van der Waals surface area contributed by atoms with E-state index in [1.165, 1.54) is 11.8 Å². The van der Waals surface area contributed by atoms with Gasteiger partial charge in [-0.3, -0.25) is 4.79 Å². The lowest BCUT2D eigenvalue weighted by atomic mass is 10.1. The smallest absolute Gasteiger partial charge is 0.348 e. The normalized spacial score (nSPS) is 13.1. The monoisotopic (exact) mass is 309 g/mol. The van der Waals surface area contributed by atoms with Crippen molar-refractivity contribution in [3.63, 3.8) is 0 Å². The number of amides is 1. The summed E-state index contributed by atoms with van der Waals surface area (Å²) in [4.78, 5) is 11.9. The summed E-state index contributed by atoms with van der Waals surface area (Å²) in [6, 6.07) is 1.61. The van der Waals surface area contributed by atoms with Gasteiger partial charge in [-0.05, 0) is 30.9 Å². The largest absolute Gasteiger partial charge is 0.416 e. The van der Waals surface area contributed by atoms with E-state index in [0.29, 0.717) is 30.4 Å². The van der Waals surface area contributed by atoms with Gasteiger partial charge in [-0.15, -0.1) is 0 Å². The highest BCUT2D eigenvalue weighted by molar-refractivity contribution is 7.98. The summed E-state index contributed by atoms with van der Waals surface area (Å²) in [6.07, 6.45) is -2.14. The average molecular weight is 309 g/mol. The lowest BCUT2D eigenvalue weighted by Gasteiger charge is -2.16. The maximum Gasteiger partial charge on any atom is 0.416 e. The molecular formula is C13H15F4NOS. The molecule has 0 saturated carbocycles. The maximum absolute atomic E-state index is 13.5. The molecule has 112 valence electrons. The van der Waals surface area contributed by atoms with Gasteiger partial charge in [0.05, 0.1) is 11.1 Å². The van der Waals surface area contributed by atoms with Crippen molar-refractivity contribution in [1.29, 1.82) is 0 Å². The predicted molar refractivity (Wildman–Crippen MR) is 71.3 cm³/mol. The van der Waals surface area contributed by atoms with Crippen LogP contribution in [0.2, 0.25) is 0 Å². The predicted octanol–water partition coefficient (Wildman–Crippen LogP) is 3.72. The SMILES string of the molecule is CCC(CSC)NC(=O)c1cc(C(F)(F)F)ccc1F. The Kier molecular flexibility index (Phi) is 5.86. The van der Waals surface area contributed by atoms with Crippen LogP contribution in [0, 0.1) is 5.82 Å². The van der Waals surface area contributed by atoms with Gasteiger partial charge in [-0.1, -0.05) is 6.92 Å². The standard InChI is InChI=1S/C13H15F4NOS/c1-3-9(7-20-2)18-12(19)10-6-8(13(15,16)17)4-5-11(10)14/h4-6,9H,3,7H2,1-2H3,(H,18,19). The molecule has 0 aliphatic carbocycles. The van der Waals surface area contributed by atoms with Crippen molar-refractivity contribution in [1.82, 2.24) is 5.32 Å². The number of alkyl halides is 3. The van der Waals surface area contributed by atoms with Gasteiger partial charge in [0.1, 0.15) is 5.82 Å². The highest BCUT2D eigenvalue weighted by Gasteiger charge is 2.32. The molecular weight excluding hydrogens is 294 g/mol. The number of hydrogen-bond donors (Lipinski definition) is 1. The molecule has 1 unspecified atom stereocenters. The highest BCUT2D eigenvalue weighted by atomic mass is 32.2. The molecule has 0 heterocycles. The molecule has 0 spiro atoms. The fourth-order valence-corrected chi connectivity index (χ4v) is 2.32. The van der Waals surface area contributed by atoms with Gasteiger partial charge >= 0.3 is 6.18 Å². The zero-order chi connectivity index (χ0) is 15.3. The van der Waals surface area contributed by atoms with Crippen molar-refractivity contribution in [3.8, 4) is 0 Å². The van der Waals surface area contributed by atoms with Crippen LogP contribution in [-0.4, -0.2) is 24.0 Å². The van der Waals surface area contributed by atoms with Crippen molar-refractivity contribution in [2.45, 2.75) is 25.6 Å². The average Bonchev–Trinajstić information content (AvgIpc) is 2.37. The van der Waals surface area contributed by atoms with Gasteiger partial charge in [0.25, 0.3) is 5.91 Å². The van der Waals surface area contributed by atoms with Crippen LogP contribution in [0.25, 0.3) is 0 Å². The Morgan fingerprint density at radius 3 is 2.55 bits per heavy atom. The Labute approximate surface area is 118 Å². The molecule has 1 atom stereocenters. The molecule has 1 N–H and O–H groups in total. The number of benzene rings is 1. The zero-order valence-corrected chi connectivity index (χ0v) is 11.9. The summed E-state index contributed by atoms with van der Waals surface area (Å²) in [6.45, 7) is 1.84. The van der Waals surface area contributed by atoms with Gasteiger partial charge in [0.15, 0.2) is 0 Å². The molecule has 1 amide bonds.